The van der Waals surface area contributed by atoms with Gasteiger partial charge in [-0.15, -0.1) is 11.6 Å². The zero-order chi connectivity index (χ0) is 9.68. The van der Waals surface area contributed by atoms with Crippen LogP contribution in [-0.2, 0) is 0 Å². The normalized spacial score (nSPS) is 10.9. The van der Waals surface area contributed by atoms with Crippen molar-refractivity contribution in [2.75, 3.05) is 11.6 Å². The number of hydrogen-bond acceptors (Lipinski definition) is 1. The minimum Gasteiger partial charge on any atom is -0.398 e. The molecule has 0 atom stereocenters. The molecule has 0 saturated heterocycles. The van der Waals surface area contributed by atoms with Gasteiger partial charge in [0.25, 0.3) is 0 Å². The van der Waals surface area contributed by atoms with Crippen molar-refractivity contribution < 1.29 is 0 Å². The van der Waals surface area contributed by atoms with Crippen molar-refractivity contribution in [2.45, 2.75) is 6.42 Å². The smallest absolute Gasteiger partial charge is 0.0641 e. The summed E-state index contributed by atoms with van der Waals surface area (Å²) in [5, 5.41) is 0.591. The summed E-state index contributed by atoms with van der Waals surface area (Å²) >= 11 is 11.4. The van der Waals surface area contributed by atoms with Gasteiger partial charge in [0.2, 0.25) is 0 Å². The molecular weight excluding hydrogens is 205 g/mol. The Hall–Kier alpha value is -0.660. The Balaban J connectivity index is 2.73. The Kier molecular flexibility index (Phi) is 4.13. The quantitative estimate of drug-likeness (QED) is 0.606. The van der Waals surface area contributed by atoms with Gasteiger partial charge in [-0.05, 0) is 24.1 Å². The highest BCUT2D eigenvalue weighted by molar-refractivity contribution is 6.33. The molecule has 0 saturated carbocycles. The van der Waals surface area contributed by atoms with Gasteiger partial charge in [-0.1, -0.05) is 29.8 Å². The maximum Gasteiger partial charge on any atom is 0.0641 e. The molecule has 0 aliphatic heterocycles. The highest BCUT2D eigenvalue weighted by atomic mass is 35.5. The van der Waals surface area contributed by atoms with Gasteiger partial charge in [-0.25, -0.2) is 0 Å². The van der Waals surface area contributed by atoms with E-state index in [1.54, 1.807) is 6.07 Å². The fourth-order valence-corrected chi connectivity index (χ4v) is 1.24. The number of hydrogen-bond donors (Lipinski definition) is 1. The van der Waals surface area contributed by atoms with Crippen molar-refractivity contribution in [3.05, 3.63) is 34.9 Å². The van der Waals surface area contributed by atoms with Crippen LogP contribution >= 0.6 is 23.2 Å². The van der Waals surface area contributed by atoms with Gasteiger partial charge in [-0.3, -0.25) is 0 Å². The predicted molar refractivity (Wildman–Crippen MR) is 60.2 cm³/mol. The molecule has 1 aromatic rings. The molecule has 0 bridgehead atoms. The summed E-state index contributed by atoms with van der Waals surface area (Å²) in [6.07, 6.45) is 4.85. The summed E-state index contributed by atoms with van der Waals surface area (Å²) < 4.78 is 0. The summed E-state index contributed by atoms with van der Waals surface area (Å²) in [6, 6.07) is 5.55. The Morgan fingerprint density at radius 1 is 1.38 bits per heavy atom. The summed E-state index contributed by atoms with van der Waals surface area (Å²) in [7, 11) is 0. The third-order valence-electron chi connectivity index (χ3n) is 1.61. The molecule has 70 valence electrons. The lowest BCUT2D eigenvalue weighted by molar-refractivity contribution is 1.24. The van der Waals surface area contributed by atoms with Crippen molar-refractivity contribution in [3.8, 4) is 0 Å². The Bertz CT molecular complexity index is 308. The van der Waals surface area contributed by atoms with E-state index in [0.29, 0.717) is 16.6 Å². The second-order valence-electron chi connectivity index (χ2n) is 2.66. The molecule has 0 radical (unpaired) electrons. The van der Waals surface area contributed by atoms with Gasteiger partial charge in [0.1, 0.15) is 0 Å². The zero-order valence-electron chi connectivity index (χ0n) is 7.13. The van der Waals surface area contributed by atoms with Crippen LogP contribution in [0.15, 0.2) is 24.3 Å². The van der Waals surface area contributed by atoms with Crippen LogP contribution in [0.3, 0.4) is 0 Å². The lowest BCUT2D eigenvalue weighted by Gasteiger charge is -1.98. The first kappa shape index (κ1) is 10.4. The molecule has 1 aromatic carbocycles. The van der Waals surface area contributed by atoms with E-state index in [1.165, 1.54) is 0 Å². The average molecular weight is 216 g/mol. The van der Waals surface area contributed by atoms with Crippen LogP contribution in [0.4, 0.5) is 5.69 Å². The van der Waals surface area contributed by atoms with E-state index in [1.807, 2.05) is 24.3 Å². The SMILES string of the molecule is Nc1ccc(C=CCCCl)cc1Cl. The number of alkyl halides is 1. The van der Waals surface area contributed by atoms with Gasteiger partial charge < -0.3 is 5.73 Å². The van der Waals surface area contributed by atoms with Crippen LogP contribution in [0, 0.1) is 0 Å². The molecule has 0 aliphatic rings. The Morgan fingerprint density at radius 2 is 2.15 bits per heavy atom. The standard InChI is InChI=1S/C10H11Cl2N/c11-6-2-1-3-8-4-5-10(13)9(12)7-8/h1,3-5,7H,2,6,13H2. The van der Waals surface area contributed by atoms with Gasteiger partial charge in [0, 0.05) is 5.88 Å². The fourth-order valence-electron chi connectivity index (χ4n) is 0.929. The van der Waals surface area contributed by atoms with E-state index in [-0.39, 0.29) is 0 Å². The summed E-state index contributed by atoms with van der Waals surface area (Å²) in [6.45, 7) is 0. The molecular formula is C10H11Cl2N. The average Bonchev–Trinajstić information content (AvgIpc) is 2.12. The van der Waals surface area contributed by atoms with Gasteiger partial charge in [0.15, 0.2) is 0 Å². The largest absolute Gasteiger partial charge is 0.398 e. The van der Waals surface area contributed by atoms with Gasteiger partial charge >= 0.3 is 0 Å². The highest BCUT2D eigenvalue weighted by Crippen LogP contribution is 2.20. The van der Waals surface area contributed by atoms with Crippen LogP contribution in [0.1, 0.15) is 12.0 Å². The number of anilines is 1. The van der Waals surface area contributed by atoms with E-state index in [4.69, 9.17) is 28.9 Å². The molecule has 0 fully saturated rings. The van der Waals surface area contributed by atoms with Crippen LogP contribution in [0.25, 0.3) is 6.08 Å². The minimum absolute atomic E-state index is 0.591. The fraction of sp³-hybridized carbons (Fsp3) is 0.200. The second-order valence-corrected chi connectivity index (χ2v) is 3.45. The zero-order valence-corrected chi connectivity index (χ0v) is 8.65. The number of halogens is 2. The molecule has 0 amide bonds. The third kappa shape index (κ3) is 3.29. The molecule has 3 heteroatoms. The first-order chi connectivity index (χ1) is 6.24. The summed E-state index contributed by atoms with van der Waals surface area (Å²) in [4.78, 5) is 0. The van der Waals surface area contributed by atoms with Crippen LogP contribution in [0.5, 0.6) is 0 Å². The summed E-state index contributed by atoms with van der Waals surface area (Å²) in [5.74, 6) is 0.638. The van der Waals surface area contributed by atoms with Crippen LogP contribution < -0.4 is 5.73 Å². The third-order valence-corrected chi connectivity index (χ3v) is 2.16. The molecule has 0 aromatic heterocycles. The lowest BCUT2D eigenvalue weighted by Crippen LogP contribution is -1.85. The first-order valence-corrected chi connectivity index (χ1v) is 4.93. The molecule has 0 heterocycles. The molecule has 1 nitrogen and oxygen atoms in total. The number of rotatable bonds is 3. The number of nitrogens with two attached hydrogens (primary N) is 1. The van der Waals surface area contributed by atoms with E-state index in [9.17, 15) is 0 Å². The Morgan fingerprint density at radius 3 is 2.77 bits per heavy atom. The predicted octanol–water partition coefficient (Wildman–Crippen LogP) is 3.56. The van der Waals surface area contributed by atoms with Crippen molar-refractivity contribution in [2.24, 2.45) is 0 Å². The van der Waals surface area contributed by atoms with Crippen molar-refractivity contribution in [1.29, 1.82) is 0 Å². The number of nitrogen functional groups attached to an aromatic ring is 1. The van der Waals surface area contributed by atoms with E-state index >= 15 is 0 Å². The Labute approximate surface area is 88.1 Å². The van der Waals surface area contributed by atoms with Crippen molar-refractivity contribution in [1.82, 2.24) is 0 Å². The molecule has 2 N–H and O–H groups in total. The summed E-state index contributed by atoms with van der Waals surface area (Å²) in [5.41, 5.74) is 7.22. The minimum atomic E-state index is 0.591. The van der Waals surface area contributed by atoms with Crippen molar-refractivity contribution >= 4 is 35.0 Å². The lowest BCUT2D eigenvalue weighted by atomic mass is 10.2. The monoisotopic (exact) mass is 215 g/mol. The van der Waals surface area contributed by atoms with Gasteiger partial charge in [0.05, 0.1) is 10.7 Å². The maximum atomic E-state index is 5.84. The van der Waals surface area contributed by atoms with Crippen molar-refractivity contribution in [3.63, 3.8) is 0 Å². The maximum absolute atomic E-state index is 5.84. The van der Waals surface area contributed by atoms with E-state index in [0.717, 1.165) is 12.0 Å². The topological polar surface area (TPSA) is 26.0 Å². The van der Waals surface area contributed by atoms with Gasteiger partial charge in [-0.2, -0.15) is 0 Å². The second kappa shape index (κ2) is 5.15. The van der Waals surface area contributed by atoms with E-state index < -0.39 is 0 Å². The molecule has 0 spiro atoms. The molecule has 1 rings (SSSR count). The van der Waals surface area contributed by atoms with E-state index in [2.05, 4.69) is 0 Å². The molecule has 0 aliphatic carbocycles. The highest BCUT2D eigenvalue weighted by Gasteiger charge is 1.94. The first-order valence-electron chi connectivity index (χ1n) is 4.01. The number of benzene rings is 1. The number of allylic oxidation sites excluding steroid dienone is 1. The van der Waals surface area contributed by atoms with Crippen LogP contribution in [-0.4, -0.2) is 5.88 Å². The molecule has 0 unspecified atom stereocenters. The van der Waals surface area contributed by atoms with Crippen LogP contribution in [0.2, 0.25) is 5.02 Å². The molecule has 13 heavy (non-hydrogen) atoms.